The minimum atomic E-state index is -0.255. The van der Waals surface area contributed by atoms with E-state index in [0.29, 0.717) is 6.42 Å². The number of hydroxylamine groups is 1. The molecule has 1 amide bonds. The average molecular weight is 566 g/mol. The Labute approximate surface area is 214 Å². The molecular formula is C28H56INO2. The van der Waals surface area contributed by atoms with E-state index in [1.807, 2.05) is 0 Å². The number of carbonyl (C=O) groups excluding carboxylic acids is 1. The summed E-state index contributed by atoms with van der Waals surface area (Å²) in [4.78, 5) is 10.9. The molecule has 32 heavy (non-hydrogen) atoms. The van der Waals surface area contributed by atoms with Crippen molar-refractivity contribution in [2.24, 2.45) is 0 Å². The number of hydrogen-bond donors (Lipinski definition) is 2. The van der Waals surface area contributed by atoms with E-state index in [1.54, 1.807) is 5.48 Å². The number of hydrogen-bond acceptors (Lipinski definition) is 2. The molecule has 0 saturated heterocycles. The van der Waals surface area contributed by atoms with E-state index in [1.165, 1.54) is 152 Å². The Morgan fingerprint density at radius 1 is 0.438 bits per heavy atom. The summed E-state index contributed by atoms with van der Waals surface area (Å²) >= 11 is 2.49. The van der Waals surface area contributed by atoms with Crippen LogP contribution in [0.3, 0.4) is 0 Å². The van der Waals surface area contributed by atoms with Crippen LogP contribution in [0.15, 0.2) is 0 Å². The van der Waals surface area contributed by atoms with Gasteiger partial charge in [-0.1, -0.05) is 170 Å². The standard InChI is InChI=1S/C28H56INO2/c29-27-25-23-21-19-17-15-13-11-9-7-5-3-1-2-4-6-8-10-12-14-16-18-20-22-24-26-28(31)30-32/h32H,1-27H2,(H,30,31). The maximum atomic E-state index is 10.9. The minimum absolute atomic E-state index is 0.255. The highest BCUT2D eigenvalue weighted by atomic mass is 127. The van der Waals surface area contributed by atoms with Crippen molar-refractivity contribution in [2.75, 3.05) is 4.43 Å². The number of amides is 1. The third kappa shape index (κ3) is 28.2. The highest BCUT2D eigenvalue weighted by Crippen LogP contribution is 2.16. The maximum absolute atomic E-state index is 10.9. The van der Waals surface area contributed by atoms with E-state index in [9.17, 15) is 4.79 Å². The fourth-order valence-corrected chi connectivity index (χ4v) is 5.04. The Bertz CT molecular complexity index is 365. The Morgan fingerprint density at radius 2 is 0.656 bits per heavy atom. The zero-order valence-corrected chi connectivity index (χ0v) is 23.5. The van der Waals surface area contributed by atoms with Crippen LogP contribution < -0.4 is 5.48 Å². The van der Waals surface area contributed by atoms with Crippen LogP contribution in [0.2, 0.25) is 0 Å². The van der Waals surface area contributed by atoms with Crippen molar-refractivity contribution < 1.29 is 10.0 Å². The molecule has 0 rings (SSSR count). The molecule has 0 heterocycles. The van der Waals surface area contributed by atoms with Crippen LogP contribution >= 0.6 is 22.6 Å². The third-order valence-electron chi connectivity index (χ3n) is 6.66. The van der Waals surface area contributed by atoms with Crippen LogP contribution in [-0.2, 0) is 4.79 Å². The van der Waals surface area contributed by atoms with Crippen LogP contribution in [0.1, 0.15) is 167 Å². The summed E-state index contributed by atoms with van der Waals surface area (Å²) in [6.07, 6.45) is 35.2. The fourth-order valence-electron chi connectivity index (χ4n) is 4.50. The Hall–Kier alpha value is 0.160. The zero-order chi connectivity index (χ0) is 23.4. The minimum Gasteiger partial charge on any atom is -0.289 e. The number of alkyl halides is 1. The second-order valence-electron chi connectivity index (χ2n) is 9.81. The van der Waals surface area contributed by atoms with Crippen molar-refractivity contribution in [1.29, 1.82) is 0 Å². The molecule has 0 radical (unpaired) electrons. The molecule has 3 nitrogen and oxygen atoms in total. The van der Waals surface area contributed by atoms with E-state index in [4.69, 9.17) is 5.21 Å². The van der Waals surface area contributed by atoms with E-state index in [2.05, 4.69) is 22.6 Å². The van der Waals surface area contributed by atoms with Gasteiger partial charge in [0.05, 0.1) is 0 Å². The van der Waals surface area contributed by atoms with Crippen LogP contribution in [0.25, 0.3) is 0 Å². The van der Waals surface area contributed by atoms with Gasteiger partial charge in [-0.15, -0.1) is 0 Å². The number of rotatable bonds is 27. The van der Waals surface area contributed by atoms with Crippen LogP contribution in [0.4, 0.5) is 0 Å². The highest BCUT2D eigenvalue weighted by Gasteiger charge is 1.99. The second kappa shape index (κ2) is 29.2. The molecule has 0 atom stereocenters. The number of carbonyl (C=O) groups is 1. The van der Waals surface area contributed by atoms with Gasteiger partial charge in [-0.25, -0.2) is 5.48 Å². The summed E-state index contributed by atoms with van der Waals surface area (Å²) in [5, 5.41) is 8.43. The molecule has 0 unspecified atom stereocenters. The van der Waals surface area contributed by atoms with Crippen molar-refractivity contribution >= 4 is 28.5 Å². The number of nitrogens with one attached hydrogen (secondary N) is 1. The van der Waals surface area contributed by atoms with Crippen molar-refractivity contribution in [3.8, 4) is 0 Å². The molecule has 0 aliphatic rings. The lowest BCUT2D eigenvalue weighted by Crippen LogP contribution is -2.17. The molecule has 0 aromatic heterocycles. The van der Waals surface area contributed by atoms with E-state index >= 15 is 0 Å². The molecular weight excluding hydrogens is 509 g/mol. The average Bonchev–Trinajstić information content (AvgIpc) is 2.81. The van der Waals surface area contributed by atoms with Gasteiger partial charge in [0.2, 0.25) is 5.91 Å². The van der Waals surface area contributed by atoms with E-state index in [0.717, 1.165) is 12.8 Å². The van der Waals surface area contributed by atoms with Crippen molar-refractivity contribution in [1.82, 2.24) is 5.48 Å². The Morgan fingerprint density at radius 3 is 0.875 bits per heavy atom. The molecule has 2 N–H and O–H groups in total. The van der Waals surface area contributed by atoms with Gasteiger partial charge in [-0.2, -0.15) is 0 Å². The van der Waals surface area contributed by atoms with E-state index in [-0.39, 0.29) is 5.91 Å². The molecule has 0 saturated carbocycles. The Balaban J connectivity index is 3.02. The van der Waals surface area contributed by atoms with Gasteiger partial charge in [0.15, 0.2) is 0 Å². The van der Waals surface area contributed by atoms with Gasteiger partial charge in [0, 0.05) is 6.42 Å². The summed E-state index contributed by atoms with van der Waals surface area (Å²) in [6, 6.07) is 0. The molecule has 0 aromatic carbocycles. The smallest absolute Gasteiger partial charge is 0.243 e. The van der Waals surface area contributed by atoms with Gasteiger partial charge in [0.25, 0.3) is 0 Å². The summed E-state index contributed by atoms with van der Waals surface area (Å²) in [6.45, 7) is 0. The fraction of sp³-hybridized carbons (Fsp3) is 0.964. The Kier molecular flexibility index (Phi) is 29.3. The number of halogens is 1. The molecule has 0 fully saturated rings. The van der Waals surface area contributed by atoms with Crippen LogP contribution in [0.5, 0.6) is 0 Å². The topological polar surface area (TPSA) is 49.3 Å². The first-order chi connectivity index (χ1) is 15.8. The van der Waals surface area contributed by atoms with Crippen molar-refractivity contribution in [3.63, 3.8) is 0 Å². The molecule has 0 aliphatic heterocycles. The van der Waals surface area contributed by atoms with Crippen LogP contribution in [0, 0.1) is 0 Å². The van der Waals surface area contributed by atoms with Crippen molar-refractivity contribution in [3.05, 3.63) is 0 Å². The zero-order valence-electron chi connectivity index (χ0n) is 21.3. The largest absolute Gasteiger partial charge is 0.289 e. The molecule has 0 bridgehead atoms. The summed E-state index contributed by atoms with van der Waals surface area (Å²) in [5.41, 5.74) is 1.69. The van der Waals surface area contributed by atoms with Gasteiger partial charge >= 0.3 is 0 Å². The first-order valence-corrected chi connectivity index (χ1v) is 15.8. The predicted octanol–water partition coefficient (Wildman–Crippen LogP) is 10.1. The molecule has 0 spiro atoms. The van der Waals surface area contributed by atoms with Gasteiger partial charge in [0.1, 0.15) is 0 Å². The first-order valence-electron chi connectivity index (χ1n) is 14.3. The third-order valence-corrected chi connectivity index (χ3v) is 7.42. The van der Waals surface area contributed by atoms with Gasteiger partial charge in [-0.05, 0) is 17.3 Å². The van der Waals surface area contributed by atoms with Crippen molar-refractivity contribution in [2.45, 2.75) is 167 Å². The molecule has 0 aromatic rings. The lowest BCUT2D eigenvalue weighted by molar-refractivity contribution is -0.129. The lowest BCUT2D eigenvalue weighted by atomic mass is 10.0. The first kappa shape index (κ1) is 32.2. The second-order valence-corrected chi connectivity index (χ2v) is 10.9. The highest BCUT2D eigenvalue weighted by molar-refractivity contribution is 14.1. The monoisotopic (exact) mass is 565 g/mol. The summed E-state index contributed by atoms with van der Waals surface area (Å²) in [5.74, 6) is -0.255. The maximum Gasteiger partial charge on any atom is 0.243 e. The SMILES string of the molecule is O=C(CCCCCCCCCCCCCCCCCCCCCCCCCCCI)NO. The summed E-state index contributed by atoms with van der Waals surface area (Å²) in [7, 11) is 0. The predicted molar refractivity (Wildman–Crippen MR) is 149 cm³/mol. The molecule has 192 valence electrons. The molecule has 0 aliphatic carbocycles. The van der Waals surface area contributed by atoms with Crippen LogP contribution in [-0.4, -0.2) is 15.5 Å². The lowest BCUT2D eigenvalue weighted by Gasteiger charge is -2.04. The molecule has 4 heteroatoms. The van der Waals surface area contributed by atoms with Gasteiger partial charge in [-0.3, -0.25) is 10.0 Å². The number of unbranched alkanes of at least 4 members (excludes halogenated alkanes) is 24. The van der Waals surface area contributed by atoms with Gasteiger partial charge < -0.3 is 0 Å². The normalized spacial score (nSPS) is 11.2. The summed E-state index contributed by atoms with van der Waals surface area (Å²) < 4.78 is 1.33. The van der Waals surface area contributed by atoms with E-state index < -0.39 is 0 Å². The quantitative estimate of drug-likeness (QED) is 0.0342.